The number of nitrogens with two attached hydrogens (primary N) is 1. The quantitative estimate of drug-likeness (QED) is 0.763. The van der Waals surface area contributed by atoms with E-state index in [0.29, 0.717) is 5.69 Å². The Morgan fingerprint density at radius 1 is 1.23 bits per heavy atom. The van der Waals surface area contributed by atoms with Crippen LogP contribution in [0.3, 0.4) is 0 Å². The van der Waals surface area contributed by atoms with E-state index in [4.69, 9.17) is 5.73 Å². The topological polar surface area (TPSA) is 71.2 Å². The molecule has 1 aliphatic heterocycles. The molecule has 2 heterocycles. The zero-order valence-corrected chi connectivity index (χ0v) is 15.0. The Morgan fingerprint density at radius 3 is 2.85 bits per heavy atom. The summed E-state index contributed by atoms with van der Waals surface area (Å²) in [6.07, 6.45) is 1.07. The van der Waals surface area contributed by atoms with Crippen LogP contribution in [0.4, 0.5) is 11.4 Å². The van der Waals surface area contributed by atoms with Crippen molar-refractivity contribution in [3.63, 3.8) is 0 Å². The lowest BCUT2D eigenvalue weighted by Crippen LogP contribution is -2.27. The predicted molar refractivity (Wildman–Crippen MR) is 105 cm³/mol. The number of carbonyl (C=O) groups excluding carboxylic acids is 1. The summed E-state index contributed by atoms with van der Waals surface area (Å²) >= 11 is 0. The first-order chi connectivity index (χ1) is 12.5. The van der Waals surface area contributed by atoms with Crippen molar-refractivity contribution in [1.82, 2.24) is 9.88 Å². The van der Waals surface area contributed by atoms with E-state index in [1.807, 2.05) is 30.3 Å². The SMILES string of the molecule is Cc1cc(Nc2cc3ccccc3nc2C(N)=O)cc2c1CCN(C)C2. The second-order valence-corrected chi connectivity index (χ2v) is 6.99. The van der Waals surface area contributed by atoms with E-state index in [-0.39, 0.29) is 5.69 Å². The Hall–Kier alpha value is -2.92. The third-order valence-corrected chi connectivity index (χ3v) is 4.99. The van der Waals surface area contributed by atoms with Gasteiger partial charge in [0.2, 0.25) is 0 Å². The van der Waals surface area contributed by atoms with Crippen molar-refractivity contribution in [2.75, 3.05) is 18.9 Å². The van der Waals surface area contributed by atoms with Crippen molar-refractivity contribution in [2.45, 2.75) is 19.9 Å². The van der Waals surface area contributed by atoms with Crippen LogP contribution in [0.2, 0.25) is 0 Å². The number of likely N-dealkylation sites (N-methyl/N-ethyl adjacent to an activating group) is 1. The van der Waals surface area contributed by atoms with Crippen LogP contribution in [0.15, 0.2) is 42.5 Å². The van der Waals surface area contributed by atoms with Gasteiger partial charge in [0, 0.05) is 24.2 Å². The number of hydrogen-bond acceptors (Lipinski definition) is 4. The van der Waals surface area contributed by atoms with Crippen LogP contribution in [0, 0.1) is 6.92 Å². The maximum atomic E-state index is 11.9. The molecule has 4 rings (SSSR count). The second kappa shape index (κ2) is 6.42. The summed E-state index contributed by atoms with van der Waals surface area (Å²) in [5.74, 6) is -0.535. The first-order valence-corrected chi connectivity index (χ1v) is 8.79. The number of amides is 1. The highest BCUT2D eigenvalue weighted by molar-refractivity contribution is 6.00. The molecule has 0 saturated carbocycles. The van der Waals surface area contributed by atoms with E-state index in [2.05, 4.69) is 41.3 Å². The van der Waals surface area contributed by atoms with E-state index in [1.54, 1.807) is 0 Å². The molecule has 132 valence electrons. The molecule has 3 aromatic rings. The number of aromatic nitrogens is 1. The van der Waals surface area contributed by atoms with Crippen LogP contribution in [0.5, 0.6) is 0 Å². The molecule has 0 aliphatic carbocycles. The Bertz CT molecular complexity index is 1010. The maximum absolute atomic E-state index is 11.9. The average molecular weight is 346 g/mol. The van der Waals surface area contributed by atoms with Crippen LogP contribution in [0.1, 0.15) is 27.2 Å². The number of carbonyl (C=O) groups is 1. The van der Waals surface area contributed by atoms with Gasteiger partial charge in [0.05, 0.1) is 11.2 Å². The van der Waals surface area contributed by atoms with E-state index >= 15 is 0 Å². The van der Waals surface area contributed by atoms with Crippen molar-refractivity contribution in [1.29, 1.82) is 0 Å². The van der Waals surface area contributed by atoms with Crippen molar-refractivity contribution in [3.05, 3.63) is 64.8 Å². The fourth-order valence-corrected chi connectivity index (χ4v) is 3.69. The van der Waals surface area contributed by atoms with E-state index in [9.17, 15) is 4.79 Å². The smallest absolute Gasteiger partial charge is 0.269 e. The van der Waals surface area contributed by atoms with Crippen LogP contribution >= 0.6 is 0 Å². The fraction of sp³-hybridized carbons (Fsp3) is 0.238. The minimum Gasteiger partial charge on any atom is -0.364 e. The predicted octanol–water partition coefficient (Wildman–Crippen LogP) is 3.37. The molecule has 1 aromatic heterocycles. The molecule has 0 unspecified atom stereocenters. The lowest BCUT2D eigenvalue weighted by Gasteiger charge is -2.27. The molecule has 5 heteroatoms. The summed E-state index contributed by atoms with van der Waals surface area (Å²) in [5.41, 5.74) is 12.2. The molecule has 0 bridgehead atoms. The molecular formula is C21H22N4O. The standard InChI is InChI=1S/C21H22N4O/c1-13-9-16(10-15-12-25(2)8-7-17(13)15)23-19-11-14-5-3-4-6-18(14)24-20(19)21(22)26/h3-6,9-11,23H,7-8,12H2,1-2H3,(H2,22,26). The van der Waals surface area contributed by atoms with Gasteiger partial charge in [-0.1, -0.05) is 18.2 Å². The van der Waals surface area contributed by atoms with Crippen LogP contribution in [0.25, 0.3) is 10.9 Å². The summed E-state index contributed by atoms with van der Waals surface area (Å²) in [6, 6.07) is 13.9. The fourth-order valence-electron chi connectivity index (χ4n) is 3.69. The Kier molecular flexibility index (Phi) is 4.09. The number of para-hydroxylation sites is 1. The van der Waals surface area contributed by atoms with Crippen LogP contribution in [-0.4, -0.2) is 29.4 Å². The molecule has 0 fully saturated rings. The normalized spacial score (nSPS) is 14.2. The lowest BCUT2D eigenvalue weighted by molar-refractivity contribution is 0.0997. The van der Waals surface area contributed by atoms with Crippen LogP contribution < -0.4 is 11.1 Å². The Morgan fingerprint density at radius 2 is 2.04 bits per heavy atom. The monoisotopic (exact) mass is 346 g/mol. The van der Waals surface area contributed by atoms with Gasteiger partial charge in [0.25, 0.3) is 5.91 Å². The van der Waals surface area contributed by atoms with Crippen molar-refractivity contribution >= 4 is 28.2 Å². The highest BCUT2D eigenvalue weighted by Gasteiger charge is 2.17. The zero-order chi connectivity index (χ0) is 18.3. The van der Waals surface area contributed by atoms with E-state index < -0.39 is 5.91 Å². The highest BCUT2D eigenvalue weighted by Crippen LogP contribution is 2.29. The lowest BCUT2D eigenvalue weighted by atomic mass is 9.94. The number of nitrogens with zero attached hydrogens (tertiary/aromatic N) is 2. The van der Waals surface area contributed by atoms with Crippen molar-refractivity contribution < 1.29 is 4.79 Å². The van der Waals surface area contributed by atoms with Crippen molar-refractivity contribution in [3.8, 4) is 0 Å². The van der Waals surface area contributed by atoms with Gasteiger partial charge in [-0.15, -0.1) is 0 Å². The minimum atomic E-state index is -0.535. The summed E-state index contributed by atoms with van der Waals surface area (Å²) < 4.78 is 0. The van der Waals surface area contributed by atoms with E-state index in [1.165, 1.54) is 16.7 Å². The summed E-state index contributed by atoms with van der Waals surface area (Å²) in [6.45, 7) is 4.16. The molecule has 1 aliphatic rings. The molecule has 26 heavy (non-hydrogen) atoms. The zero-order valence-electron chi connectivity index (χ0n) is 15.0. The number of benzene rings is 2. The second-order valence-electron chi connectivity index (χ2n) is 6.99. The number of rotatable bonds is 3. The Balaban J connectivity index is 1.77. The van der Waals surface area contributed by atoms with Crippen molar-refractivity contribution in [2.24, 2.45) is 5.73 Å². The van der Waals surface area contributed by atoms with Gasteiger partial charge < -0.3 is 16.0 Å². The molecule has 1 amide bonds. The van der Waals surface area contributed by atoms with Crippen LogP contribution in [-0.2, 0) is 13.0 Å². The van der Waals surface area contributed by atoms with Gasteiger partial charge in [-0.3, -0.25) is 4.79 Å². The minimum absolute atomic E-state index is 0.260. The number of primary amides is 1. The summed E-state index contributed by atoms with van der Waals surface area (Å²) in [4.78, 5) is 18.7. The molecule has 5 nitrogen and oxygen atoms in total. The molecular weight excluding hydrogens is 324 g/mol. The molecule has 0 saturated heterocycles. The van der Waals surface area contributed by atoms with Gasteiger partial charge in [-0.25, -0.2) is 4.98 Å². The number of anilines is 2. The molecule has 3 N–H and O–H groups in total. The average Bonchev–Trinajstić information content (AvgIpc) is 2.60. The number of pyridine rings is 1. The first-order valence-electron chi connectivity index (χ1n) is 8.79. The van der Waals surface area contributed by atoms with Gasteiger partial charge in [0.15, 0.2) is 5.69 Å². The molecule has 2 aromatic carbocycles. The maximum Gasteiger partial charge on any atom is 0.269 e. The van der Waals surface area contributed by atoms with Gasteiger partial charge in [-0.05, 0) is 61.3 Å². The van der Waals surface area contributed by atoms with Gasteiger partial charge >= 0.3 is 0 Å². The third-order valence-electron chi connectivity index (χ3n) is 4.99. The molecule has 0 radical (unpaired) electrons. The Labute approximate surface area is 152 Å². The number of aryl methyl sites for hydroxylation is 1. The van der Waals surface area contributed by atoms with Gasteiger partial charge in [-0.2, -0.15) is 0 Å². The highest BCUT2D eigenvalue weighted by atomic mass is 16.1. The van der Waals surface area contributed by atoms with Gasteiger partial charge in [0.1, 0.15) is 0 Å². The number of hydrogen-bond donors (Lipinski definition) is 2. The number of fused-ring (bicyclic) bond motifs is 2. The van der Waals surface area contributed by atoms with E-state index in [0.717, 1.165) is 36.1 Å². The first kappa shape index (κ1) is 16.5. The molecule has 0 atom stereocenters. The third kappa shape index (κ3) is 3.02. The number of nitrogens with one attached hydrogen (secondary N) is 1. The molecule has 0 spiro atoms. The summed E-state index contributed by atoms with van der Waals surface area (Å²) in [5, 5.41) is 4.34. The largest absolute Gasteiger partial charge is 0.364 e. The summed E-state index contributed by atoms with van der Waals surface area (Å²) in [7, 11) is 2.14.